The van der Waals surface area contributed by atoms with Gasteiger partial charge in [-0.05, 0) is 30.7 Å². The summed E-state index contributed by atoms with van der Waals surface area (Å²) < 4.78 is 0. The maximum Gasteiger partial charge on any atom is 0.316 e. The molecule has 0 saturated heterocycles. The van der Waals surface area contributed by atoms with Crippen molar-refractivity contribution < 1.29 is 9.90 Å². The van der Waals surface area contributed by atoms with Gasteiger partial charge in [-0.3, -0.25) is 4.79 Å². The predicted octanol–water partition coefficient (Wildman–Crippen LogP) is 5.00. The van der Waals surface area contributed by atoms with Crippen LogP contribution in [-0.2, 0) is 4.79 Å². The predicted molar refractivity (Wildman–Crippen MR) is 106 cm³/mol. The normalized spacial score (nSPS) is 16.9. The molecule has 2 aromatic rings. The number of nitrogens with zero attached hydrogens (tertiary/aromatic N) is 1. The molecule has 0 aromatic heterocycles. The molecule has 0 radical (unpaired) electrons. The van der Waals surface area contributed by atoms with E-state index >= 15 is 0 Å². The van der Waals surface area contributed by atoms with Gasteiger partial charge in [0, 0.05) is 16.3 Å². The standard InChI is InChI=1S/C17H15ClN2O2S.BrH/c1-10(16(21)22)23-17-19-14-8-7-12(18)9-13(14)15(20-17)11-5-3-2-4-6-11;/h2-10,15H,1H3,(H,19,20)(H,21,22);1H. The van der Waals surface area contributed by atoms with Crippen LogP contribution in [0.1, 0.15) is 24.1 Å². The molecule has 2 atom stereocenters. The van der Waals surface area contributed by atoms with Crippen LogP contribution in [0.5, 0.6) is 0 Å². The van der Waals surface area contributed by atoms with E-state index in [4.69, 9.17) is 21.7 Å². The van der Waals surface area contributed by atoms with Crippen molar-refractivity contribution in [3.63, 3.8) is 0 Å². The van der Waals surface area contributed by atoms with Gasteiger partial charge in [-0.15, -0.1) is 17.0 Å². The fraction of sp³-hybridized carbons (Fsp3) is 0.176. The topological polar surface area (TPSA) is 61.7 Å². The molecule has 7 heteroatoms. The molecule has 0 saturated carbocycles. The number of thioether (sulfide) groups is 1. The fourth-order valence-electron chi connectivity index (χ4n) is 2.38. The molecule has 126 valence electrons. The van der Waals surface area contributed by atoms with Gasteiger partial charge in [-0.25, -0.2) is 4.99 Å². The number of carboxylic acids is 1. The van der Waals surface area contributed by atoms with E-state index in [0.29, 0.717) is 10.2 Å². The summed E-state index contributed by atoms with van der Waals surface area (Å²) in [5.74, 6) is -0.863. The monoisotopic (exact) mass is 426 g/mol. The molecule has 3 rings (SSSR count). The number of aliphatic imine (C=N–C) groups is 1. The average Bonchev–Trinajstić information content (AvgIpc) is 2.55. The molecule has 24 heavy (non-hydrogen) atoms. The molecule has 0 amide bonds. The number of aliphatic carboxylic acids is 1. The maximum absolute atomic E-state index is 11.1. The van der Waals surface area contributed by atoms with Crippen molar-refractivity contribution in [1.29, 1.82) is 0 Å². The summed E-state index contributed by atoms with van der Waals surface area (Å²) in [6, 6.07) is 15.3. The second kappa shape index (κ2) is 8.05. The van der Waals surface area contributed by atoms with Crippen molar-refractivity contribution in [2.45, 2.75) is 18.2 Å². The highest BCUT2D eigenvalue weighted by Crippen LogP contribution is 2.38. The molecular formula is C17H16BrClN2O2S. The lowest BCUT2D eigenvalue weighted by Crippen LogP contribution is -2.23. The Morgan fingerprint density at radius 3 is 2.67 bits per heavy atom. The molecular weight excluding hydrogens is 412 g/mol. The largest absolute Gasteiger partial charge is 0.480 e. The first-order valence-electron chi connectivity index (χ1n) is 7.13. The Balaban J connectivity index is 0.00000208. The van der Waals surface area contributed by atoms with Crippen LogP contribution in [-0.4, -0.2) is 21.5 Å². The van der Waals surface area contributed by atoms with Crippen LogP contribution in [0, 0.1) is 0 Å². The van der Waals surface area contributed by atoms with E-state index in [2.05, 4.69) is 5.32 Å². The minimum absolute atomic E-state index is 0. The summed E-state index contributed by atoms with van der Waals surface area (Å²) in [6.07, 6.45) is 0. The van der Waals surface area contributed by atoms with E-state index in [1.54, 1.807) is 6.92 Å². The summed E-state index contributed by atoms with van der Waals surface area (Å²) in [6.45, 7) is 1.64. The third-order valence-electron chi connectivity index (χ3n) is 3.55. The number of halogens is 2. The van der Waals surface area contributed by atoms with E-state index in [0.717, 1.165) is 16.8 Å². The van der Waals surface area contributed by atoms with Gasteiger partial charge < -0.3 is 10.4 Å². The molecule has 1 heterocycles. The van der Waals surface area contributed by atoms with Crippen LogP contribution in [0.2, 0.25) is 5.02 Å². The third kappa shape index (κ3) is 4.12. The molecule has 1 aliphatic rings. The first-order valence-corrected chi connectivity index (χ1v) is 8.39. The van der Waals surface area contributed by atoms with Crippen molar-refractivity contribution >= 4 is 57.2 Å². The molecule has 2 N–H and O–H groups in total. The van der Waals surface area contributed by atoms with Gasteiger partial charge in [0.05, 0.1) is 0 Å². The highest BCUT2D eigenvalue weighted by atomic mass is 79.9. The maximum atomic E-state index is 11.1. The highest BCUT2D eigenvalue weighted by molar-refractivity contribution is 8.93. The van der Waals surface area contributed by atoms with Crippen LogP contribution >= 0.6 is 40.3 Å². The smallest absolute Gasteiger partial charge is 0.316 e. The van der Waals surface area contributed by atoms with Crippen LogP contribution in [0.3, 0.4) is 0 Å². The molecule has 1 aliphatic heterocycles. The summed E-state index contributed by atoms with van der Waals surface area (Å²) in [4.78, 5) is 15.8. The summed E-state index contributed by atoms with van der Waals surface area (Å²) in [7, 11) is 0. The Kier molecular flexibility index (Phi) is 6.32. The quantitative estimate of drug-likeness (QED) is 0.724. The zero-order valence-electron chi connectivity index (χ0n) is 12.8. The zero-order valence-corrected chi connectivity index (χ0v) is 16.1. The number of anilines is 1. The molecule has 0 bridgehead atoms. The van der Waals surface area contributed by atoms with Crippen LogP contribution in [0.4, 0.5) is 5.69 Å². The van der Waals surface area contributed by atoms with Crippen molar-refractivity contribution in [3.05, 3.63) is 64.7 Å². The van der Waals surface area contributed by atoms with E-state index < -0.39 is 11.2 Å². The van der Waals surface area contributed by atoms with Crippen molar-refractivity contribution in [2.75, 3.05) is 5.32 Å². The van der Waals surface area contributed by atoms with Gasteiger partial charge in [0.2, 0.25) is 0 Å². The Bertz CT molecular complexity index is 770. The summed E-state index contributed by atoms with van der Waals surface area (Å²) in [5, 5.41) is 13.0. The van der Waals surface area contributed by atoms with E-state index in [9.17, 15) is 4.79 Å². The van der Waals surface area contributed by atoms with Gasteiger partial charge in [-0.1, -0.05) is 53.7 Å². The Labute approximate surface area is 160 Å². The number of carbonyl (C=O) groups is 1. The molecule has 0 aliphatic carbocycles. The first-order chi connectivity index (χ1) is 11.0. The average molecular weight is 428 g/mol. The number of hydrogen-bond acceptors (Lipinski definition) is 4. The third-order valence-corrected chi connectivity index (χ3v) is 4.77. The molecule has 2 aromatic carbocycles. The number of benzene rings is 2. The van der Waals surface area contributed by atoms with Gasteiger partial charge in [-0.2, -0.15) is 0 Å². The van der Waals surface area contributed by atoms with E-state index in [-0.39, 0.29) is 23.0 Å². The highest BCUT2D eigenvalue weighted by Gasteiger charge is 2.25. The van der Waals surface area contributed by atoms with E-state index in [1.165, 1.54) is 11.8 Å². The number of rotatable bonds is 3. The first kappa shape index (κ1) is 18.8. The number of fused-ring (bicyclic) bond motifs is 1. The lowest BCUT2D eigenvalue weighted by atomic mass is 9.97. The lowest BCUT2D eigenvalue weighted by molar-refractivity contribution is -0.136. The number of nitrogens with one attached hydrogen (secondary N) is 1. The lowest BCUT2D eigenvalue weighted by Gasteiger charge is -2.26. The van der Waals surface area contributed by atoms with Crippen molar-refractivity contribution in [2.24, 2.45) is 4.99 Å². The molecule has 0 fully saturated rings. The minimum Gasteiger partial charge on any atom is -0.480 e. The van der Waals surface area contributed by atoms with Gasteiger partial charge in [0.1, 0.15) is 11.3 Å². The SMILES string of the molecule is Br.CC(SC1=NC(c2ccccc2)c2cc(Cl)ccc2N1)C(=O)O. The van der Waals surface area contributed by atoms with E-state index in [1.807, 2.05) is 48.5 Å². The molecule has 4 nitrogen and oxygen atoms in total. The summed E-state index contributed by atoms with van der Waals surface area (Å²) >= 11 is 7.33. The van der Waals surface area contributed by atoms with Gasteiger partial charge in [0.25, 0.3) is 0 Å². The van der Waals surface area contributed by atoms with Gasteiger partial charge in [0.15, 0.2) is 5.17 Å². The van der Waals surface area contributed by atoms with Crippen LogP contribution in [0.15, 0.2) is 53.5 Å². The Morgan fingerprint density at radius 1 is 1.29 bits per heavy atom. The number of hydrogen-bond donors (Lipinski definition) is 2. The van der Waals surface area contributed by atoms with Crippen molar-refractivity contribution in [3.8, 4) is 0 Å². The zero-order chi connectivity index (χ0) is 16.4. The second-order valence-corrected chi connectivity index (χ2v) is 6.97. The van der Waals surface area contributed by atoms with Crippen LogP contribution < -0.4 is 5.32 Å². The second-order valence-electron chi connectivity index (χ2n) is 5.20. The van der Waals surface area contributed by atoms with Crippen LogP contribution in [0.25, 0.3) is 0 Å². The number of amidine groups is 1. The summed E-state index contributed by atoms with van der Waals surface area (Å²) in [5.41, 5.74) is 2.92. The molecule has 0 spiro atoms. The Morgan fingerprint density at radius 2 is 2.00 bits per heavy atom. The minimum atomic E-state index is -0.863. The number of carboxylic acid groups (broad SMARTS) is 1. The fourth-order valence-corrected chi connectivity index (χ4v) is 3.33. The van der Waals surface area contributed by atoms with Crippen molar-refractivity contribution in [1.82, 2.24) is 0 Å². The van der Waals surface area contributed by atoms with Gasteiger partial charge >= 0.3 is 5.97 Å². The molecule has 2 unspecified atom stereocenters. The Hall–Kier alpha value is -1.50.